The Morgan fingerprint density at radius 2 is 0.700 bits per heavy atom. The molecule has 3 unspecified atom stereocenters. The van der Waals surface area contributed by atoms with Crippen molar-refractivity contribution in [3.05, 3.63) is 0 Å². The van der Waals surface area contributed by atoms with Gasteiger partial charge in [-0.3, -0.25) is 9.59 Å². The quantitative estimate of drug-likeness (QED) is 0.0419. The first-order chi connectivity index (χ1) is 29.5. The van der Waals surface area contributed by atoms with Crippen LogP contribution in [-0.4, -0.2) is 46.9 Å². The van der Waals surface area contributed by atoms with E-state index in [0.29, 0.717) is 19.3 Å². The molecule has 0 heterocycles. The minimum Gasteiger partial charge on any atom is -0.462 e. The number of hydrogen-bond acceptors (Lipinski definition) is 5. The molecular formula is C54H107NO5. The minimum absolute atomic E-state index is 0.0881. The van der Waals surface area contributed by atoms with Gasteiger partial charge in [-0.1, -0.05) is 271 Å². The van der Waals surface area contributed by atoms with Crippen molar-refractivity contribution in [2.45, 2.75) is 328 Å². The predicted octanol–water partition coefficient (Wildman–Crippen LogP) is 16.4. The second-order valence-electron chi connectivity index (χ2n) is 19.0. The molecule has 358 valence electrons. The Labute approximate surface area is 375 Å². The number of aliphatic hydroxyl groups is 2. The fourth-order valence-corrected chi connectivity index (χ4v) is 8.79. The molecule has 0 spiro atoms. The zero-order valence-electron chi connectivity index (χ0n) is 40.9. The van der Waals surface area contributed by atoms with Crippen molar-refractivity contribution in [1.29, 1.82) is 0 Å². The zero-order valence-corrected chi connectivity index (χ0v) is 40.9. The molecule has 0 aliphatic carbocycles. The van der Waals surface area contributed by atoms with Crippen molar-refractivity contribution >= 4 is 11.9 Å². The van der Waals surface area contributed by atoms with Crippen molar-refractivity contribution in [1.82, 2.24) is 5.32 Å². The number of nitrogens with one attached hydrogen (secondary N) is 1. The molecule has 6 heteroatoms. The molecular weight excluding hydrogens is 743 g/mol. The van der Waals surface area contributed by atoms with Gasteiger partial charge in [0.25, 0.3) is 0 Å². The summed E-state index contributed by atoms with van der Waals surface area (Å²) in [5.41, 5.74) is 0. The van der Waals surface area contributed by atoms with Gasteiger partial charge in [0.15, 0.2) is 0 Å². The van der Waals surface area contributed by atoms with Crippen LogP contribution in [0.15, 0.2) is 0 Å². The van der Waals surface area contributed by atoms with Crippen molar-refractivity contribution in [3.63, 3.8) is 0 Å². The van der Waals surface area contributed by atoms with Gasteiger partial charge in [-0.2, -0.15) is 0 Å². The standard InChI is InChI=1S/C54H107NO5/c1-4-7-10-13-16-19-22-24-25-26-27-29-31-33-36-39-42-45-50(60-54(59)47-44-41-38-35-30-21-18-15-12-9-6-3)48-53(58)55-51(49-56)52(57)46-43-40-37-34-32-28-23-20-17-14-11-8-5-2/h50-52,56-57H,4-49H2,1-3H3,(H,55,58). The van der Waals surface area contributed by atoms with Crippen LogP contribution >= 0.6 is 0 Å². The number of carbonyl (C=O) groups excluding carboxylic acids is 2. The van der Waals surface area contributed by atoms with Gasteiger partial charge in [-0.25, -0.2) is 0 Å². The third kappa shape index (κ3) is 43.5. The Morgan fingerprint density at radius 1 is 0.417 bits per heavy atom. The van der Waals surface area contributed by atoms with Crippen molar-refractivity contribution in [3.8, 4) is 0 Å². The molecule has 0 aliphatic rings. The first-order valence-electron chi connectivity index (χ1n) is 27.3. The van der Waals surface area contributed by atoms with E-state index >= 15 is 0 Å². The van der Waals surface area contributed by atoms with Crippen LogP contribution < -0.4 is 5.32 Å². The zero-order chi connectivity index (χ0) is 43.8. The predicted molar refractivity (Wildman–Crippen MR) is 260 cm³/mol. The van der Waals surface area contributed by atoms with Crippen LogP contribution in [0.5, 0.6) is 0 Å². The summed E-state index contributed by atoms with van der Waals surface area (Å²) >= 11 is 0. The summed E-state index contributed by atoms with van der Waals surface area (Å²) in [5.74, 6) is -0.449. The van der Waals surface area contributed by atoms with Crippen LogP contribution in [0.4, 0.5) is 0 Å². The molecule has 1 amide bonds. The highest BCUT2D eigenvalue weighted by molar-refractivity contribution is 5.77. The first kappa shape index (κ1) is 58.9. The van der Waals surface area contributed by atoms with Gasteiger partial charge in [0, 0.05) is 6.42 Å². The highest BCUT2D eigenvalue weighted by atomic mass is 16.5. The molecule has 0 aromatic rings. The summed E-state index contributed by atoms with van der Waals surface area (Å²) in [5, 5.41) is 23.8. The molecule has 0 aromatic carbocycles. The molecule has 60 heavy (non-hydrogen) atoms. The van der Waals surface area contributed by atoms with Gasteiger partial charge < -0.3 is 20.3 Å². The fourth-order valence-electron chi connectivity index (χ4n) is 8.79. The summed E-state index contributed by atoms with van der Waals surface area (Å²) in [4.78, 5) is 26.1. The summed E-state index contributed by atoms with van der Waals surface area (Å²) in [7, 11) is 0. The Kier molecular flexibility index (Phi) is 48.0. The lowest BCUT2D eigenvalue weighted by Gasteiger charge is -2.24. The average molecular weight is 850 g/mol. The normalized spacial score (nSPS) is 13.1. The molecule has 6 nitrogen and oxygen atoms in total. The largest absolute Gasteiger partial charge is 0.462 e. The van der Waals surface area contributed by atoms with Crippen LogP contribution in [0.3, 0.4) is 0 Å². The van der Waals surface area contributed by atoms with Crippen molar-refractivity contribution in [2.24, 2.45) is 0 Å². The van der Waals surface area contributed by atoms with Gasteiger partial charge in [0.05, 0.1) is 25.2 Å². The van der Waals surface area contributed by atoms with E-state index in [2.05, 4.69) is 26.1 Å². The van der Waals surface area contributed by atoms with Crippen LogP contribution in [-0.2, 0) is 14.3 Å². The number of hydrogen-bond donors (Lipinski definition) is 3. The van der Waals surface area contributed by atoms with E-state index in [9.17, 15) is 19.8 Å². The number of esters is 1. The topological polar surface area (TPSA) is 95.9 Å². The summed E-state index contributed by atoms with van der Waals surface area (Å²) in [6.45, 7) is 6.52. The highest BCUT2D eigenvalue weighted by Crippen LogP contribution is 2.19. The van der Waals surface area contributed by atoms with Gasteiger partial charge in [-0.15, -0.1) is 0 Å². The SMILES string of the molecule is CCCCCCCCCCCCCCCCCCCC(CC(=O)NC(CO)C(O)CCCCCCCCCCCCCCC)OC(=O)CCCCCCCCCCCCC. The molecule has 0 aliphatic heterocycles. The fraction of sp³-hybridized carbons (Fsp3) is 0.963. The van der Waals surface area contributed by atoms with E-state index in [1.807, 2.05) is 0 Å². The van der Waals surface area contributed by atoms with E-state index in [1.165, 1.54) is 218 Å². The van der Waals surface area contributed by atoms with E-state index in [0.717, 1.165) is 44.9 Å². The maximum Gasteiger partial charge on any atom is 0.306 e. The molecule has 0 rings (SSSR count). The van der Waals surface area contributed by atoms with E-state index in [4.69, 9.17) is 4.74 Å². The summed E-state index contributed by atoms with van der Waals surface area (Å²) in [6.07, 6.45) is 53.1. The number of unbranched alkanes of at least 4 members (excludes halogenated alkanes) is 38. The molecule has 0 saturated heterocycles. The number of carbonyl (C=O) groups is 2. The van der Waals surface area contributed by atoms with Crippen LogP contribution in [0.25, 0.3) is 0 Å². The van der Waals surface area contributed by atoms with Crippen LogP contribution in [0.2, 0.25) is 0 Å². The lowest BCUT2D eigenvalue weighted by atomic mass is 10.0. The van der Waals surface area contributed by atoms with E-state index < -0.39 is 18.2 Å². The molecule has 0 fully saturated rings. The second-order valence-corrected chi connectivity index (χ2v) is 19.0. The van der Waals surface area contributed by atoms with Crippen LogP contribution in [0, 0.1) is 0 Å². The number of aliphatic hydroxyl groups excluding tert-OH is 2. The number of amides is 1. The Bertz CT molecular complexity index is 867. The second kappa shape index (κ2) is 48.9. The van der Waals surface area contributed by atoms with Crippen molar-refractivity contribution < 1.29 is 24.5 Å². The maximum absolute atomic E-state index is 13.2. The Hall–Kier alpha value is -1.14. The third-order valence-corrected chi connectivity index (χ3v) is 12.9. The van der Waals surface area contributed by atoms with Gasteiger partial charge in [0.1, 0.15) is 6.10 Å². The molecule has 0 radical (unpaired) electrons. The highest BCUT2D eigenvalue weighted by Gasteiger charge is 2.24. The van der Waals surface area contributed by atoms with Gasteiger partial charge in [0.2, 0.25) is 5.91 Å². The molecule has 0 bridgehead atoms. The first-order valence-corrected chi connectivity index (χ1v) is 27.3. The summed E-state index contributed by atoms with van der Waals surface area (Å²) < 4.78 is 5.95. The van der Waals surface area contributed by atoms with E-state index in [-0.39, 0.29) is 24.9 Å². The molecule has 3 N–H and O–H groups in total. The third-order valence-electron chi connectivity index (χ3n) is 12.9. The monoisotopic (exact) mass is 850 g/mol. The smallest absolute Gasteiger partial charge is 0.306 e. The lowest BCUT2D eigenvalue weighted by molar-refractivity contribution is -0.151. The lowest BCUT2D eigenvalue weighted by Crippen LogP contribution is -2.46. The number of rotatable bonds is 50. The Balaban J connectivity index is 4.49. The van der Waals surface area contributed by atoms with Crippen molar-refractivity contribution in [2.75, 3.05) is 6.61 Å². The average Bonchev–Trinajstić information content (AvgIpc) is 3.24. The molecule has 3 atom stereocenters. The minimum atomic E-state index is -0.779. The molecule has 0 aromatic heterocycles. The van der Waals surface area contributed by atoms with E-state index in [1.54, 1.807) is 0 Å². The van der Waals surface area contributed by atoms with Gasteiger partial charge >= 0.3 is 5.97 Å². The van der Waals surface area contributed by atoms with Crippen LogP contribution in [0.1, 0.15) is 310 Å². The summed E-state index contributed by atoms with van der Waals surface area (Å²) in [6, 6.07) is -0.692. The molecule has 0 saturated carbocycles. The Morgan fingerprint density at radius 3 is 1.02 bits per heavy atom. The van der Waals surface area contributed by atoms with Gasteiger partial charge in [-0.05, 0) is 25.7 Å². The maximum atomic E-state index is 13.2. The number of ether oxygens (including phenoxy) is 1.